The molecule has 0 N–H and O–H groups in total. The molecule has 0 spiro atoms. The van der Waals surface area contributed by atoms with Crippen LogP contribution >= 0.6 is 0 Å². The topological polar surface area (TPSA) is 67.9 Å². The van der Waals surface area contributed by atoms with E-state index in [1.54, 1.807) is 13.1 Å². The van der Waals surface area contributed by atoms with E-state index in [0.717, 1.165) is 0 Å². The third-order valence-electron chi connectivity index (χ3n) is 1.34. The predicted molar refractivity (Wildman–Crippen MR) is 39.3 cm³/mol. The van der Waals surface area contributed by atoms with Crippen LogP contribution in [0.4, 0.5) is 0 Å². The first-order chi connectivity index (χ1) is 5.69. The quantitative estimate of drug-likeness (QED) is 0.552. The first-order valence-corrected chi connectivity index (χ1v) is 3.21. The Hall–Kier alpha value is -1.83. The molecule has 5 nitrogen and oxygen atoms in total. The molecule has 0 radical (unpaired) electrons. The summed E-state index contributed by atoms with van der Waals surface area (Å²) in [6.07, 6.45) is 1.45. The highest BCUT2D eigenvalue weighted by atomic mass is 16.5. The van der Waals surface area contributed by atoms with Crippen LogP contribution in [0.25, 0.3) is 0 Å². The highest BCUT2D eigenvalue weighted by molar-refractivity contribution is 5.91. The standard InChI is InChI=1S/C7H7N3O2/c1-10-4-5(7(11)12-2)6(3-8)9-10/h4H,1-2H3. The van der Waals surface area contributed by atoms with Crippen molar-refractivity contribution in [3.63, 3.8) is 0 Å². The molecule has 0 aliphatic carbocycles. The molecule has 0 saturated heterocycles. The molecule has 0 atom stereocenters. The zero-order valence-electron chi connectivity index (χ0n) is 6.74. The first-order valence-electron chi connectivity index (χ1n) is 3.21. The SMILES string of the molecule is COC(=O)c1cn(C)nc1C#N. The molecule has 0 fully saturated rings. The predicted octanol–water partition coefficient (Wildman–Crippen LogP) is 0.0784. The average molecular weight is 165 g/mol. The Balaban J connectivity index is 3.15. The maximum atomic E-state index is 11.0. The molecule has 1 aromatic rings. The number of aromatic nitrogens is 2. The molecule has 5 heteroatoms. The fourth-order valence-corrected chi connectivity index (χ4v) is 0.830. The van der Waals surface area contributed by atoms with Crippen molar-refractivity contribution >= 4 is 5.97 Å². The molecule has 0 aliphatic rings. The lowest BCUT2D eigenvalue weighted by Crippen LogP contribution is -2.01. The Bertz CT molecular complexity index is 348. The summed E-state index contributed by atoms with van der Waals surface area (Å²) >= 11 is 0. The zero-order valence-corrected chi connectivity index (χ0v) is 6.74. The van der Waals surface area contributed by atoms with Gasteiger partial charge in [-0.25, -0.2) is 4.79 Å². The number of esters is 1. The molecule has 12 heavy (non-hydrogen) atoms. The van der Waals surface area contributed by atoms with Crippen LogP contribution in [0.5, 0.6) is 0 Å². The van der Waals surface area contributed by atoms with E-state index in [2.05, 4.69) is 9.84 Å². The smallest absolute Gasteiger partial charge is 0.342 e. The molecule has 0 unspecified atom stereocenters. The minimum Gasteiger partial charge on any atom is -0.465 e. The summed E-state index contributed by atoms with van der Waals surface area (Å²) in [5, 5.41) is 12.3. The highest BCUT2D eigenvalue weighted by Crippen LogP contribution is 2.05. The number of rotatable bonds is 1. The fourth-order valence-electron chi connectivity index (χ4n) is 0.830. The van der Waals surface area contributed by atoms with E-state index in [1.165, 1.54) is 18.0 Å². The fraction of sp³-hybridized carbons (Fsp3) is 0.286. The molecule has 0 bridgehead atoms. The van der Waals surface area contributed by atoms with Gasteiger partial charge in [-0.15, -0.1) is 0 Å². The van der Waals surface area contributed by atoms with E-state index in [4.69, 9.17) is 5.26 Å². The Labute approximate surface area is 69.2 Å². The van der Waals surface area contributed by atoms with E-state index in [9.17, 15) is 4.79 Å². The highest BCUT2D eigenvalue weighted by Gasteiger charge is 2.14. The molecule has 0 amide bonds. The van der Waals surface area contributed by atoms with Crippen LogP contribution in [0.2, 0.25) is 0 Å². The molecular formula is C7H7N3O2. The van der Waals surface area contributed by atoms with Crippen molar-refractivity contribution in [2.75, 3.05) is 7.11 Å². The lowest BCUT2D eigenvalue weighted by Gasteiger charge is -1.92. The van der Waals surface area contributed by atoms with Gasteiger partial charge in [-0.2, -0.15) is 10.4 Å². The molecule has 0 aromatic carbocycles. The van der Waals surface area contributed by atoms with Crippen LogP contribution in [0.1, 0.15) is 16.1 Å². The second-order valence-corrected chi connectivity index (χ2v) is 2.17. The van der Waals surface area contributed by atoms with Gasteiger partial charge in [-0.1, -0.05) is 0 Å². The number of ether oxygens (including phenoxy) is 1. The summed E-state index contributed by atoms with van der Waals surface area (Å²) in [7, 11) is 2.89. The first kappa shape index (κ1) is 8.27. The summed E-state index contributed by atoms with van der Waals surface area (Å²) in [6.45, 7) is 0. The summed E-state index contributed by atoms with van der Waals surface area (Å²) in [6, 6.07) is 1.80. The minimum absolute atomic E-state index is 0.0874. The molecule has 1 aromatic heterocycles. The van der Waals surface area contributed by atoms with E-state index in [0.29, 0.717) is 0 Å². The molecular weight excluding hydrogens is 158 g/mol. The van der Waals surface area contributed by atoms with Crippen LogP contribution in [-0.2, 0) is 11.8 Å². The number of methoxy groups -OCH3 is 1. The third kappa shape index (κ3) is 1.27. The van der Waals surface area contributed by atoms with Crippen molar-refractivity contribution in [3.05, 3.63) is 17.5 Å². The largest absolute Gasteiger partial charge is 0.465 e. The van der Waals surface area contributed by atoms with Crippen molar-refractivity contribution in [2.24, 2.45) is 7.05 Å². The number of nitriles is 1. The van der Waals surface area contributed by atoms with Crippen molar-refractivity contribution in [1.29, 1.82) is 5.26 Å². The number of hydrogen-bond donors (Lipinski definition) is 0. The monoisotopic (exact) mass is 165 g/mol. The lowest BCUT2D eigenvalue weighted by atomic mass is 10.3. The van der Waals surface area contributed by atoms with Gasteiger partial charge in [0.05, 0.1) is 7.11 Å². The maximum absolute atomic E-state index is 11.0. The van der Waals surface area contributed by atoms with E-state index >= 15 is 0 Å². The van der Waals surface area contributed by atoms with Gasteiger partial charge < -0.3 is 4.74 Å². The van der Waals surface area contributed by atoms with Gasteiger partial charge in [0.1, 0.15) is 11.6 Å². The summed E-state index contributed by atoms with van der Waals surface area (Å²) < 4.78 is 5.84. The lowest BCUT2D eigenvalue weighted by molar-refractivity contribution is 0.0600. The summed E-state index contributed by atoms with van der Waals surface area (Å²) in [5.74, 6) is -0.542. The Kier molecular flexibility index (Phi) is 2.10. The molecule has 0 aliphatic heterocycles. The van der Waals surface area contributed by atoms with Gasteiger partial charge >= 0.3 is 5.97 Å². The second kappa shape index (κ2) is 3.05. The van der Waals surface area contributed by atoms with E-state index < -0.39 is 5.97 Å². The minimum atomic E-state index is -0.542. The molecule has 1 rings (SSSR count). The van der Waals surface area contributed by atoms with E-state index in [-0.39, 0.29) is 11.3 Å². The van der Waals surface area contributed by atoms with Crippen LogP contribution in [-0.4, -0.2) is 22.9 Å². The number of carbonyl (C=O) groups is 1. The number of nitrogens with zero attached hydrogens (tertiary/aromatic N) is 3. The van der Waals surface area contributed by atoms with Gasteiger partial charge in [0.2, 0.25) is 0 Å². The van der Waals surface area contributed by atoms with Gasteiger partial charge in [0.15, 0.2) is 5.69 Å². The Morgan fingerprint density at radius 1 is 1.83 bits per heavy atom. The Morgan fingerprint density at radius 3 is 3.00 bits per heavy atom. The molecule has 0 saturated carbocycles. The van der Waals surface area contributed by atoms with Crippen LogP contribution < -0.4 is 0 Å². The number of aryl methyl sites for hydroxylation is 1. The van der Waals surface area contributed by atoms with Crippen molar-refractivity contribution in [3.8, 4) is 6.07 Å². The van der Waals surface area contributed by atoms with E-state index in [1.807, 2.05) is 0 Å². The van der Waals surface area contributed by atoms with Crippen LogP contribution in [0, 0.1) is 11.3 Å². The van der Waals surface area contributed by atoms with Crippen LogP contribution in [0.15, 0.2) is 6.20 Å². The normalized spacial score (nSPS) is 9.08. The molecule has 62 valence electrons. The average Bonchev–Trinajstić information content (AvgIpc) is 2.45. The van der Waals surface area contributed by atoms with Crippen molar-refractivity contribution in [2.45, 2.75) is 0 Å². The van der Waals surface area contributed by atoms with Gasteiger partial charge in [-0.3, -0.25) is 4.68 Å². The molecule has 1 heterocycles. The summed E-state index contributed by atoms with van der Waals surface area (Å²) in [5.41, 5.74) is 0.284. The van der Waals surface area contributed by atoms with Crippen molar-refractivity contribution in [1.82, 2.24) is 9.78 Å². The van der Waals surface area contributed by atoms with Gasteiger partial charge in [0, 0.05) is 13.2 Å². The van der Waals surface area contributed by atoms with Crippen molar-refractivity contribution < 1.29 is 9.53 Å². The zero-order chi connectivity index (χ0) is 9.14. The Morgan fingerprint density at radius 2 is 2.50 bits per heavy atom. The second-order valence-electron chi connectivity index (χ2n) is 2.17. The number of hydrogen-bond acceptors (Lipinski definition) is 4. The van der Waals surface area contributed by atoms with Gasteiger partial charge in [0.25, 0.3) is 0 Å². The third-order valence-corrected chi connectivity index (χ3v) is 1.34. The van der Waals surface area contributed by atoms with Crippen LogP contribution in [0.3, 0.4) is 0 Å². The van der Waals surface area contributed by atoms with Gasteiger partial charge in [-0.05, 0) is 0 Å². The maximum Gasteiger partial charge on any atom is 0.342 e. The number of carbonyl (C=O) groups excluding carboxylic acids is 1. The summed E-state index contributed by atoms with van der Waals surface area (Å²) in [4.78, 5) is 11.0.